The fourth-order valence-corrected chi connectivity index (χ4v) is 3.07. The minimum absolute atomic E-state index is 0. The van der Waals surface area contributed by atoms with Crippen LogP contribution >= 0.6 is 47.2 Å². The van der Waals surface area contributed by atoms with Crippen molar-refractivity contribution in [2.45, 2.75) is 12.8 Å². The first-order valence-electron chi connectivity index (χ1n) is 8.03. The third-order valence-electron chi connectivity index (χ3n) is 3.73. The molecule has 0 aliphatic carbocycles. The molecule has 1 aliphatic heterocycles. The Kier molecular flexibility index (Phi) is 8.12. The Morgan fingerprint density at radius 3 is 2.50 bits per heavy atom. The maximum Gasteiger partial charge on any atom is 0.193 e. The van der Waals surface area contributed by atoms with E-state index in [1.165, 1.54) is 0 Å². The Bertz CT molecular complexity index is 767. The Hall–Kier alpha value is -1.38. The van der Waals surface area contributed by atoms with Crippen molar-refractivity contribution >= 4 is 58.8 Å². The van der Waals surface area contributed by atoms with Gasteiger partial charge in [-0.25, -0.2) is 0 Å². The molecule has 0 saturated heterocycles. The lowest BCUT2D eigenvalue weighted by molar-refractivity contribution is 0.297. The van der Waals surface area contributed by atoms with E-state index < -0.39 is 0 Å². The average Bonchev–Trinajstić information content (AvgIpc) is 2.82. The summed E-state index contributed by atoms with van der Waals surface area (Å²) in [5, 5.41) is 4.33. The first-order chi connectivity index (χ1) is 12.1. The molecule has 0 bridgehead atoms. The fraction of sp³-hybridized carbons (Fsp3) is 0.278. The third kappa shape index (κ3) is 5.56. The number of ether oxygens (including phenoxy) is 2. The standard InChI is InChI=1S/C18H19Cl2N3O2.HI/c19-14-3-1-4-15(20)13(14)7-8-22-18(21)23-12-5-6-16-17(11-12)25-10-2-9-24-16;/h1,3-6,11H,2,7-10H2,(H3,21,22,23);1H. The molecule has 3 rings (SSSR count). The number of hydrogen-bond donors (Lipinski definition) is 2. The number of nitrogens with one attached hydrogen (secondary N) is 1. The number of nitrogens with zero attached hydrogens (tertiary/aromatic N) is 1. The van der Waals surface area contributed by atoms with Crippen LogP contribution in [0.1, 0.15) is 12.0 Å². The van der Waals surface area contributed by atoms with E-state index in [4.69, 9.17) is 38.4 Å². The topological polar surface area (TPSA) is 68.9 Å². The molecule has 1 heterocycles. The lowest BCUT2D eigenvalue weighted by Gasteiger charge is -2.11. The van der Waals surface area contributed by atoms with Gasteiger partial charge in [-0.1, -0.05) is 29.3 Å². The zero-order valence-corrected chi connectivity index (χ0v) is 17.8. The number of guanidine groups is 1. The van der Waals surface area contributed by atoms with Gasteiger partial charge in [-0.15, -0.1) is 24.0 Å². The molecule has 5 nitrogen and oxygen atoms in total. The Morgan fingerprint density at radius 2 is 1.77 bits per heavy atom. The molecule has 3 N–H and O–H groups in total. The van der Waals surface area contributed by atoms with Crippen molar-refractivity contribution in [3.8, 4) is 11.5 Å². The van der Waals surface area contributed by atoms with E-state index in [2.05, 4.69) is 10.3 Å². The van der Waals surface area contributed by atoms with Crippen molar-refractivity contribution in [1.82, 2.24) is 0 Å². The van der Waals surface area contributed by atoms with Gasteiger partial charge in [0.2, 0.25) is 0 Å². The number of benzene rings is 2. The summed E-state index contributed by atoms with van der Waals surface area (Å²) in [5.41, 5.74) is 7.62. The number of halogens is 3. The summed E-state index contributed by atoms with van der Waals surface area (Å²) in [7, 11) is 0. The molecule has 0 unspecified atom stereocenters. The molecule has 0 fully saturated rings. The van der Waals surface area contributed by atoms with Gasteiger partial charge in [0.25, 0.3) is 0 Å². The monoisotopic (exact) mass is 507 g/mol. The summed E-state index contributed by atoms with van der Waals surface area (Å²) in [6.45, 7) is 1.78. The largest absolute Gasteiger partial charge is 0.490 e. The predicted molar refractivity (Wildman–Crippen MR) is 118 cm³/mol. The van der Waals surface area contributed by atoms with Gasteiger partial charge in [0, 0.05) is 34.8 Å². The summed E-state index contributed by atoms with van der Waals surface area (Å²) in [5.74, 6) is 1.77. The smallest absolute Gasteiger partial charge is 0.193 e. The molecule has 0 radical (unpaired) electrons. The highest BCUT2D eigenvalue weighted by molar-refractivity contribution is 14.0. The first kappa shape index (κ1) is 20.9. The van der Waals surface area contributed by atoms with Crippen LogP contribution in [0.2, 0.25) is 10.0 Å². The predicted octanol–water partition coefficient (Wildman–Crippen LogP) is 4.74. The minimum atomic E-state index is 0. The zero-order valence-electron chi connectivity index (χ0n) is 14.0. The van der Waals surface area contributed by atoms with Gasteiger partial charge in [0.05, 0.1) is 13.2 Å². The summed E-state index contributed by atoms with van der Waals surface area (Å²) >= 11 is 12.3. The lowest BCUT2D eigenvalue weighted by atomic mass is 10.1. The average molecular weight is 508 g/mol. The van der Waals surface area contributed by atoms with Crippen molar-refractivity contribution in [1.29, 1.82) is 0 Å². The van der Waals surface area contributed by atoms with E-state index in [1.807, 2.05) is 36.4 Å². The number of rotatable bonds is 4. The van der Waals surface area contributed by atoms with E-state index in [-0.39, 0.29) is 24.0 Å². The van der Waals surface area contributed by atoms with Crippen LogP contribution in [0, 0.1) is 0 Å². The van der Waals surface area contributed by atoms with E-state index >= 15 is 0 Å². The summed E-state index contributed by atoms with van der Waals surface area (Å²) < 4.78 is 11.3. The molecule has 26 heavy (non-hydrogen) atoms. The van der Waals surface area contributed by atoms with Crippen LogP contribution in [0.5, 0.6) is 11.5 Å². The van der Waals surface area contributed by atoms with Crippen LogP contribution in [0.15, 0.2) is 41.4 Å². The van der Waals surface area contributed by atoms with Crippen molar-refractivity contribution in [3.63, 3.8) is 0 Å². The Morgan fingerprint density at radius 1 is 1.08 bits per heavy atom. The van der Waals surface area contributed by atoms with Crippen LogP contribution < -0.4 is 20.5 Å². The van der Waals surface area contributed by atoms with E-state index in [0.717, 1.165) is 23.4 Å². The number of hydrogen-bond acceptors (Lipinski definition) is 3. The molecule has 0 aromatic heterocycles. The quantitative estimate of drug-likeness (QED) is 0.356. The fourth-order valence-electron chi connectivity index (χ4n) is 2.49. The maximum absolute atomic E-state index is 6.15. The number of nitrogens with two attached hydrogens (primary N) is 1. The normalized spacial score (nSPS) is 13.5. The highest BCUT2D eigenvalue weighted by Crippen LogP contribution is 2.32. The summed E-state index contributed by atoms with van der Waals surface area (Å²) in [6, 6.07) is 11.0. The highest BCUT2D eigenvalue weighted by atomic mass is 127. The van der Waals surface area contributed by atoms with Crippen molar-refractivity contribution in [3.05, 3.63) is 52.0 Å². The number of aliphatic imine (C=N–C) groups is 1. The zero-order chi connectivity index (χ0) is 17.6. The van der Waals surface area contributed by atoms with Gasteiger partial charge >= 0.3 is 0 Å². The second-order valence-corrected chi connectivity index (χ2v) is 6.37. The van der Waals surface area contributed by atoms with Crippen LogP contribution in [-0.4, -0.2) is 25.7 Å². The molecular weight excluding hydrogens is 488 g/mol. The van der Waals surface area contributed by atoms with Crippen LogP contribution in [0.3, 0.4) is 0 Å². The van der Waals surface area contributed by atoms with Crippen molar-refractivity contribution < 1.29 is 9.47 Å². The Labute approximate surface area is 179 Å². The second-order valence-electron chi connectivity index (χ2n) is 5.55. The second kappa shape index (κ2) is 10.1. The molecule has 0 saturated carbocycles. The molecule has 0 amide bonds. The van der Waals surface area contributed by atoms with Crippen LogP contribution in [-0.2, 0) is 6.42 Å². The van der Waals surface area contributed by atoms with Crippen LogP contribution in [0.4, 0.5) is 5.69 Å². The number of anilines is 1. The van der Waals surface area contributed by atoms with E-state index in [0.29, 0.717) is 47.9 Å². The maximum atomic E-state index is 6.15. The first-order valence-corrected chi connectivity index (χ1v) is 8.78. The van der Waals surface area contributed by atoms with E-state index in [9.17, 15) is 0 Å². The molecule has 2 aromatic rings. The van der Waals surface area contributed by atoms with Crippen molar-refractivity contribution in [2.75, 3.05) is 25.1 Å². The van der Waals surface area contributed by atoms with Gasteiger partial charge in [0.1, 0.15) is 0 Å². The summed E-state index contributed by atoms with van der Waals surface area (Å²) in [4.78, 5) is 4.32. The SMILES string of the molecule is I.NC(=NCCc1c(Cl)cccc1Cl)Nc1ccc2c(c1)OCCCO2. The highest BCUT2D eigenvalue weighted by Gasteiger charge is 2.11. The molecule has 2 aromatic carbocycles. The van der Waals surface area contributed by atoms with E-state index in [1.54, 1.807) is 0 Å². The molecular formula is C18H20Cl2IN3O2. The molecule has 0 spiro atoms. The molecule has 0 atom stereocenters. The van der Waals surface area contributed by atoms with Gasteiger partial charge in [-0.05, 0) is 36.2 Å². The molecule has 8 heteroatoms. The lowest BCUT2D eigenvalue weighted by Crippen LogP contribution is -2.23. The third-order valence-corrected chi connectivity index (χ3v) is 4.43. The van der Waals surface area contributed by atoms with Crippen LogP contribution in [0.25, 0.3) is 0 Å². The van der Waals surface area contributed by atoms with Gasteiger partial charge in [-0.2, -0.15) is 0 Å². The van der Waals surface area contributed by atoms with Gasteiger partial charge in [-0.3, -0.25) is 4.99 Å². The van der Waals surface area contributed by atoms with Gasteiger partial charge < -0.3 is 20.5 Å². The number of fused-ring (bicyclic) bond motifs is 1. The van der Waals surface area contributed by atoms with Gasteiger partial charge in [0.15, 0.2) is 17.5 Å². The molecule has 140 valence electrons. The Balaban J connectivity index is 0.00000243. The minimum Gasteiger partial charge on any atom is -0.490 e. The van der Waals surface area contributed by atoms with Crippen molar-refractivity contribution in [2.24, 2.45) is 10.7 Å². The summed E-state index contributed by atoms with van der Waals surface area (Å²) in [6.07, 6.45) is 1.48. The molecule has 1 aliphatic rings.